The van der Waals surface area contributed by atoms with Crippen molar-refractivity contribution in [2.75, 3.05) is 6.54 Å². The first-order chi connectivity index (χ1) is 10.7. The highest BCUT2D eigenvalue weighted by Crippen LogP contribution is 2.13. The van der Waals surface area contributed by atoms with E-state index in [1.54, 1.807) is 49.1 Å². The first kappa shape index (κ1) is 14.1. The van der Waals surface area contributed by atoms with Crippen LogP contribution in [0.1, 0.15) is 22.2 Å². The predicted octanol–water partition coefficient (Wildman–Crippen LogP) is 1.93. The molecule has 0 aliphatic carbocycles. The van der Waals surface area contributed by atoms with Gasteiger partial charge in [-0.25, -0.2) is 4.98 Å². The van der Waals surface area contributed by atoms with E-state index < -0.39 is 6.10 Å². The molecular weight excluding hydrogens is 282 g/mol. The maximum absolute atomic E-state index is 12.2. The lowest BCUT2D eigenvalue weighted by Gasteiger charge is -2.10. The number of hydrogen-bond donors (Lipinski definition) is 2. The molecule has 2 heterocycles. The molecule has 6 heteroatoms. The second-order valence-electron chi connectivity index (χ2n) is 4.76. The van der Waals surface area contributed by atoms with E-state index in [9.17, 15) is 9.90 Å². The van der Waals surface area contributed by atoms with Gasteiger partial charge in [0.1, 0.15) is 11.9 Å². The van der Waals surface area contributed by atoms with Gasteiger partial charge in [-0.15, -0.1) is 0 Å². The maximum atomic E-state index is 12.2. The van der Waals surface area contributed by atoms with Crippen molar-refractivity contribution in [3.8, 4) is 5.69 Å². The molecule has 1 atom stereocenters. The summed E-state index contributed by atoms with van der Waals surface area (Å²) in [7, 11) is 0. The third kappa shape index (κ3) is 3.07. The normalized spacial score (nSPS) is 12.0. The maximum Gasteiger partial charge on any atom is 0.251 e. The number of imidazole rings is 1. The lowest BCUT2D eigenvalue weighted by molar-refractivity contribution is 0.0901. The van der Waals surface area contributed by atoms with E-state index in [4.69, 9.17) is 4.42 Å². The molecule has 0 saturated carbocycles. The third-order valence-electron chi connectivity index (χ3n) is 3.24. The second-order valence-corrected chi connectivity index (χ2v) is 4.76. The van der Waals surface area contributed by atoms with Gasteiger partial charge >= 0.3 is 0 Å². The number of rotatable bonds is 5. The van der Waals surface area contributed by atoms with Crippen LogP contribution in [0.4, 0.5) is 0 Å². The van der Waals surface area contributed by atoms with Crippen molar-refractivity contribution < 1.29 is 14.3 Å². The zero-order chi connectivity index (χ0) is 15.4. The van der Waals surface area contributed by atoms with E-state index in [0.29, 0.717) is 11.3 Å². The molecule has 2 N–H and O–H groups in total. The molecule has 0 spiro atoms. The van der Waals surface area contributed by atoms with E-state index in [0.717, 1.165) is 5.69 Å². The highest BCUT2D eigenvalue weighted by molar-refractivity contribution is 5.94. The van der Waals surface area contributed by atoms with Crippen molar-refractivity contribution in [1.29, 1.82) is 0 Å². The Bertz CT molecular complexity index is 736. The molecule has 0 aliphatic heterocycles. The molecule has 112 valence electrons. The number of aliphatic hydroxyl groups excluding tert-OH is 1. The Labute approximate surface area is 127 Å². The number of furan rings is 1. The van der Waals surface area contributed by atoms with Crippen molar-refractivity contribution >= 4 is 5.91 Å². The summed E-state index contributed by atoms with van der Waals surface area (Å²) in [5, 5.41) is 12.6. The van der Waals surface area contributed by atoms with Crippen LogP contribution in [0, 0.1) is 0 Å². The summed E-state index contributed by atoms with van der Waals surface area (Å²) in [6, 6.07) is 10.5. The van der Waals surface area contributed by atoms with E-state index in [1.165, 1.54) is 6.26 Å². The van der Waals surface area contributed by atoms with E-state index in [1.807, 2.05) is 10.6 Å². The predicted molar refractivity (Wildman–Crippen MR) is 79.6 cm³/mol. The lowest BCUT2D eigenvalue weighted by Crippen LogP contribution is -2.28. The summed E-state index contributed by atoms with van der Waals surface area (Å²) >= 11 is 0. The number of carbonyl (C=O) groups excluding carboxylic acids is 1. The minimum Gasteiger partial charge on any atom is -0.467 e. The highest BCUT2D eigenvalue weighted by Gasteiger charge is 2.13. The first-order valence-corrected chi connectivity index (χ1v) is 6.82. The highest BCUT2D eigenvalue weighted by atomic mass is 16.4. The molecule has 1 amide bonds. The molecule has 1 unspecified atom stereocenters. The fraction of sp³-hybridized carbons (Fsp3) is 0.125. The Hall–Kier alpha value is -2.86. The number of nitrogens with one attached hydrogen (secondary N) is 1. The number of aliphatic hydroxyl groups is 1. The van der Waals surface area contributed by atoms with Crippen molar-refractivity contribution in [3.63, 3.8) is 0 Å². The Morgan fingerprint density at radius 1 is 1.36 bits per heavy atom. The Balaban J connectivity index is 1.66. The molecule has 3 aromatic rings. The van der Waals surface area contributed by atoms with Gasteiger partial charge in [0.2, 0.25) is 0 Å². The van der Waals surface area contributed by atoms with Crippen LogP contribution in [0.5, 0.6) is 0 Å². The van der Waals surface area contributed by atoms with Gasteiger partial charge in [-0.05, 0) is 30.3 Å². The van der Waals surface area contributed by atoms with E-state index in [-0.39, 0.29) is 12.5 Å². The summed E-state index contributed by atoms with van der Waals surface area (Å²) in [5.74, 6) is 0.167. The van der Waals surface area contributed by atoms with E-state index >= 15 is 0 Å². The van der Waals surface area contributed by atoms with E-state index in [2.05, 4.69) is 10.3 Å². The molecule has 2 aromatic heterocycles. The fourth-order valence-corrected chi connectivity index (χ4v) is 2.09. The quantitative estimate of drug-likeness (QED) is 0.754. The van der Waals surface area contributed by atoms with Crippen molar-refractivity contribution in [3.05, 3.63) is 72.7 Å². The van der Waals surface area contributed by atoms with Crippen molar-refractivity contribution in [1.82, 2.24) is 14.9 Å². The SMILES string of the molecule is O=C(NCC(O)c1ccco1)c1cccc(-n2ccnc2)c1. The van der Waals surface area contributed by atoms with Crippen LogP contribution in [0.15, 0.2) is 65.8 Å². The molecule has 0 fully saturated rings. The smallest absolute Gasteiger partial charge is 0.251 e. The standard InChI is InChI=1S/C16H15N3O3/c20-14(15-5-2-8-22-15)10-18-16(21)12-3-1-4-13(9-12)19-7-6-17-11-19/h1-9,11,14,20H,10H2,(H,18,21). The molecule has 0 saturated heterocycles. The third-order valence-corrected chi connectivity index (χ3v) is 3.24. The average Bonchev–Trinajstić information content (AvgIpc) is 3.25. The van der Waals surface area contributed by atoms with Gasteiger partial charge in [0, 0.05) is 23.6 Å². The molecule has 0 aliphatic rings. The van der Waals surface area contributed by atoms with Crippen molar-refractivity contribution in [2.45, 2.75) is 6.10 Å². The lowest BCUT2D eigenvalue weighted by atomic mass is 10.2. The van der Waals surface area contributed by atoms with Crippen molar-refractivity contribution in [2.24, 2.45) is 0 Å². The van der Waals surface area contributed by atoms with Crippen LogP contribution in [-0.2, 0) is 0 Å². The van der Waals surface area contributed by atoms with Crippen LogP contribution in [0.25, 0.3) is 5.69 Å². The minimum absolute atomic E-state index is 0.0850. The number of hydrogen-bond acceptors (Lipinski definition) is 4. The Morgan fingerprint density at radius 2 is 2.27 bits per heavy atom. The van der Waals surface area contributed by atoms with Crippen LogP contribution in [0.2, 0.25) is 0 Å². The molecular formula is C16H15N3O3. The van der Waals surface area contributed by atoms with Gasteiger partial charge < -0.3 is 19.4 Å². The van der Waals surface area contributed by atoms with Gasteiger partial charge in [0.05, 0.1) is 19.1 Å². The Morgan fingerprint density at radius 3 is 3.00 bits per heavy atom. The van der Waals surface area contributed by atoms with Crippen LogP contribution in [0.3, 0.4) is 0 Å². The zero-order valence-electron chi connectivity index (χ0n) is 11.7. The first-order valence-electron chi connectivity index (χ1n) is 6.82. The molecule has 6 nitrogen and oxygen atoms in total. The molecule has 0 bridgehead atoms. The van der Waals surface area contributed by atoms with Gasteiger partial charge in [0.25, 0.3) is 5.91 Å². The summed E-state index contributed by atoms with van der Waals surface area (Å²) in [6.07, 6.45) is 5.76. The number of aromatic nitrogens is 2. The molecule has 1 aromatic carbocycles. The minimum atomic E-state index is -0.865. The Kier molecular flexibility index (Phi) is 4.02. The second kappa shape index (κ2) is 6.28. The number of carbonyl (C=O) groups is 1. The number of benzene rings is 1. The number of nitrogens with zero attached hydrogens (tertiary/aromatic N) is 2. The number of amides is 1. The molecule has 3 rings (SSSR count). The van der Waals surface area contributed by atoms with Gasteiger partial charge in [-0.1, -0.05) is 6.07 Å². The zero-order valence-corrected chi connectivity index (χ0v) is 11.7. The summed E-state index contributed by atoms with van der Waals surface area (Å²) in [4.78, 5) is 16.1. The van der Waals surface area contributed by atoms with Crippen LogP contribution in [-0.4, -0.2) is 27.1 Å². The summed E-state index contributed by atoms with van der Waals surface area (Å²) < 4.78 is 6.90. The van der Waals surface area contributed by atoms with Gasteiger partial charge in [-0.2, -0.15) is 0 Å². The van der Waals surface area contributed by atoms with Crippen LogP contribution < -0.4 is 5.32 Å². The molecule has 0 radical (unpaired) electrons. The van der Waals surface area contributed by atoms with Gasteiger partial charge in [-0.3, -0.25) is 4.79 Å². The van der Waals surface area contributed by atoms with Gasteiger partial charge in [0.15, 0.2) is 0 Å². The summed E-state index contributed by atoms with van der Waals surface area (Å²) in [6.45, 7) is 0.0850. The average molecular weight is 297 g/mol. The summed E-state index contributed by atoms with van der Waals surface area (Å²) in [5.41, 5.74) is 1.36. The topological polar surface area (TPSA) is 80.3 Å². The monoisotopic (exact) mass is 297 g/mol. The largest absolute Gasteiger partial charge is 0.467 e. The fourth-order valence-electron chi connectivity index (χ4n) is 2.09. The molecule has 22 heavy (non-hydrogen) atoms. The van der Waals surface area contributed by atoms with Crippen LogP contribution >= 0.6 is 0 Å².